The Labute approximate surface area is 232 Å². The van der Waals surface area contributed by atoms with Gasteiger partial charge in [0.1, 0.15) is 22.1 Å². The van der Waals surface area contributed by atoms with Crippen molar-refractivity contribution in [1.82, 2.24) is 4.98 Å². The molecule has 1 saturated heterocycles. The fourth-order valence-corrected chi connectivity index (χ4v) is 4.33. The largest absolute Gasteiger partial charge is 0.455 e. The molecule has 1 aliphatic heterocycles. The molecule has 3 heterocycles. The molecule has 3 aromatic rings. The maximum atomic E-state index is 13.5. The number of nitrogens with two attached hydrogens (primary N) is 1. The van der Waals surface area contributed by atoms with Crippen LogP contribution in [-0.2, 0) is 9.47 Å². The van der Waals surface area contributed by atoms with E-state index in [0.29, 0.717) is 52.3 Å². The lowest BCUT2D eigenvalue weighted by Gasteiger charge is -2.22. The number of rotatable bonds is 7. The minimum Gasteiger partial charge on any atom is -0.455 e. The SMILES string of the molecule is Cc1cc(C(C)Nc2ccc(Cl)nc2C(=O)OC(C)(C)C)c2oc(/C(C=NC3COC3)=C/N)c(C)c(=O)c2c1. The number of fused-ring (bicyclic) bond motifs is 1. The van der Waals surface area contributed by atoms with E-state index in [4.69, 9.17) is 31.2 Å². The highest BCUT2D eigenvalue weighted by Gasteiger charge is 2.25. The van der Waals surface area contributed by atoms with Crippen LogP contribution in [0.3, 0.4) is 0 Å². The molecule has 39 heavy (non-hydrogen) atoms. The zero-order valence-corrected chi connectivity index (χ0v) is 23.7. The van der Waals surface area contributed by atoms with Crippen LogP contribution in [0, 0.1) is 13.8 Å². The number of benzene rings is 1. The summed E-state index contributed by atoms with van der Waals surface area (Å²) in [5, 5.41) is 3.94. The third-order valence-corrected chi connectivity index (χ3v) is 6.38. The number of hydrogen-bond donors (Lipinski definition) is 2. The Morgan fingerprint density at radius 2 is 2.00 bits per heavy atom. The van der Waals surface area contributed by atoms with E-state index in [9.17, 15) is 9.59 Å². The van der Waals surface area contributed by atoms with Gasteiger partial charge >= 0.3 is 5.97 Å². The van der Waals surface area contributed by atoms with Gasteiger partial charge in [0.2, 0.25) is 0 Å². The van der Waals surface area contributed by atoms with Gasteiger partial charge in [0, 0.05) is 23.5 Å². The normalized spacial score (nSPS) is 15.4. The Bertz CT molecular complexity index is 1530. The standard InChI is InChI=1S/C29H33ClN4O5/c1-15-9-20(17(3)33-22-7-8-23(30)34-24(22)28(36)39-29(4,5)6)27-21(10-15)25(35)16(2)26(38-27)18(11-31)12-32-19-13-37-14-19/h7-12,17,19,33H,13-14,31H2,1-6H3/b18-11+,32-12?. The summed E-state index contributed by atoms with van der Waals surface area (Å²) in [5.74, 6) is -0.258. The number of nitrogens with one attached hydrogen (secondary N) is 1. The van der Waals surface area contributed by atoms with Gasteiger partial charge < -0.3 is 24.9 Å². The first-order valence-corrected chi connectivity index (χ1v) is 13.0. The molecular formula is C29H33ClN4O5. The van der Waals surface area contributed by atoms with Gasteiger partial charge in [0.05, 0.1) is 41.9 Å². The smallest absolute Gasteiger partial charge is 0.359 e. The Hall–Kier alpha value is -3.69. The predicted octanol–water partition coefficient (Wildman–Crippen LogP) is 5.36. The number of allylic oxidation sites excluding steroid dienone is 1. The van der Waals surface area contributed by atoms with Gasteiger partial charge in [-0.15, -0.1) is 0 Å². The van der Waals surface area contributed by atoms with Crippen LogP contribution in [0.1, 0.15) is 66.7 Å². The molecule has 10 heteroatoms. The summed E-state index contributed by atoms with van der Waals surface area (Å²) in [4.78, 5) is 35.1. The summed E-state index contributed by atoms with van der Waals surface area (Å²) in [5.41, 5.74) is 8.48. The number of anilines is 1. The predicted molar refractivity (Wildman–Crippen MR) is 154 cm³/mol. The van der Waals surface area contributed by atoms with Crippen LogP contribution in [0.4, 0.5) is 5.69 Å². The average Bonchev–Trinajstić information content (AvgIpc) is 2.83. The number of carbonyl (C=O) groups excluding carboxylic acids is 1. The summed E-state index contributed by atoms with van der Waals surface area (Å²) < 4.78 is 17.1. The van der Waals surface area contributed by atoms with Crippen LogP contribution in [0.2, 0.25) is 5.15 Å². The highest BCUT2D eigenvalue weighted by atomic mass is 35.5. The van der Waals surface area contributed by atoms with E-state index in [1.54, 1.807) is 52.1 Å². The van der Waals surface area contributed by atoms with Crippen LogP contribution in [-0.4, -0.2) is 42.0 Å². The number of carbonyl (C=O) groups is 1. The molecule has 3 N–H and O–H groups in total. The topological polar surface area (TPSA) is 129 Å². The summed E-state index contributed by atoms with van der Waals surface area (Å²) in [6.45, 7) is 12.0. The third kappa shape index (κ3) is 6.32. The number of hydrogen-bond acceptors (Lipinski definition) is 9. The number of aryl methyl sites for hydroxylation is 1. The van der Waals surface area contributed by atoms with Crippen molar-refractivity contribution in [2.75, 3.05) is 18.5 Å². The molecule has 0 amide bonds. The van der Waals surface area contributed by atoms with Crippen molar-refractivity contribution in [1.29, 1.82) is 0 Å². The Morgan fingerprint density at radius 3 is 2.62 bits per heavy atom. The summed E-state index contributed by atoms with van der Waals surface area (Å²) >= 11 is 6.11. The van der Waals surface area contributed by atoms with Gasteiger partial charge in [-0.3, -0.25) is 9.79 Å². The maximum absolute atomic E-state index is 13.5. The Kier molecular flexibility index (Phi) is 8.13. The Morgan fingerprint density at radius 1 is 1.28 bits per heavy atom. The molecule has 0 bridgehead atoms. The maximum Gasteiger partial charge on any atom is 0.359 e. The lowest BCUT2D eigenvalue weighted by atomic mass is 9.99. The molecule has 0 spiro atoms. The third-order valence-electron chi connectivity index (χ3n) is 6.17. The molecule has 0 aliphatic carbocycles. The molecule has 1 fully saturated rings. The van der Waals surface area contributed by atoms with Crippen molar-refractivity contribution in [3.63, 3.8) is 0 Å². The van der Waals surface area contributed by atoms with Crippen molar-refractivity contribution in [3.05, 3.63) is 74.0 Å². The van der Waals surface area contributed by atoms with Gasteiger partial charge in [-0.2, -0.15) is 0 Å². The molecule has 0 radical (unpaired) electrons. The van der Waals surface area contributed by atoms with E-state index in [-0.39, 0.29) is 22.3 Å². The number of aromatic nitrogens is 1. The lowest BCUT2D eigenvalue weighted by Crippen LogP contribution is -2.31. The first-order chi connectivity index (χ1) is 18.4. The van der Waals surface area contributed by atoms with E-state index in [2.05, 4.69) is 15.3 Å². The highest BCUT2D eigenvalue weighted by Crippen LogP contribution is 2.31. The van der Waals surface area contributed by atoms with E-state index >= 15 is 0 Å². The van der Waals surface area contributed by atoms with Gasteiger partial charge in [-0.25, -0.2) is 9.78 Å². The van der Waals surface area contributed by atoms with E-state index in [1.807, 2.05) is 19.9 Å². The number of nitrogens with zero attached hydrogens (tertiary/aromatic N) is 2. The molecule has 1 aromatic carbocycles. The Balaban J connectivity index is 1.78. The number of ether oxygens (including phenoxy) is 2. The quantitative estimate of drug-likeness (QED) is 0.228. The molecule has 1 aliphatic rings. The molecule has 1 unspecified atom stereocenters. The van der Waals surface area contributed by atoms with Crippen molar-refractivity contribution < 1.29 is 18.7 Å². The molecule has 0 saturated carbocycles. The van der Waals surface area contributed by atoms with Crippen LogP contribution < -0.4 is 16.5 Å². The molecule has 9 nitrogen and oxygen atoms in total. The zero-order chi connectivity index (χ0) is 28.5. The van der Waals surface area contributed by atoms with Crippen LogP contribution in [0.5, 0.6) is 0 Å². The first-order valence-electron chi connectivity index (χ1n) is 12.7. The second-order valence-electron chi connectivity index (χ2n) is 10.6. The van der Waals surface area contributed by atoms with Crippen molar-refractivity contribution in [2.24, 2.45) is 10.7 Å². The number of aliphatic imine (C=N–C) groups is 1. The molecule has 1 atom stereocenters. The van der Waals surface area contributed by atoms with Crippen LogP contribution in [0.25, 0.3) is 16.5 Å². The average molecular weight is 553 g/mol. The number of halogens is 1. The number of pyridine rings is 1. The summed E-state index contributed by atoms with van der Waals surface area (Å²) in [6, 6.07) is 6.65. The molecule has 206 valence electrons. The van der Waals surface area contributed by atoms with Gasteiger partial charge in [-0.05, 0) is 65.3 Å². The molecular weight excluding hydrogens is 520 g/mol. The van der Waals surface area contributed by atoms with E-state index < -0.39 is 17.6 Å². The monoisotopic (exact) mass is 552 g/mol. The van der Waals surface area contributed by atoms with Crippen molar-refractivity contribution in [3.8, 4) is 0 Å². The fraction of sp³-hybridized carbons (Fsp3) is 0.379. The van der Waals surface area contributed by atoms with E-state index in [0.717, 1.165) is 5.56 Å². The van der Waals surface area contributed by atoms with Crippen molar-refractivity contribution >= 4 is 46.0 Å². The second-order valence-corrected chi connectivity index (χ2v) is 11.0. The van der Waals surface area contributed by atoms with Crippen LogP contribution in [0.15, 0.2) is 44.7 Å². The summed E-state index contributed by atoms with van der Waals surface area (Å²) in [7, 11) is 0. The van der Waals surface area contributed by atoms with Gasteiger partial charge in [0.25, 0.3) is 0 Å². The number of esters is 1. The second kappa shape index (κ2) is 11.2. The minimum absolute atomic E-state index is 0.0574. The van der Waals surface area contributed by atoms with Crippen LogP contribution >= 0.6 is 11.6 Å². The first kappa shape index (κ1) is 28.3. The molecule has 2 aromatic heterocycles. The summed E-state index contributed by atoms with van der Waals surface area (Å²) in [6.07, 6.45) is 2.99. The fourth-order valence-electron chi connectivity index (χ4n) is 4.18. The van der Waals surface area contributed by atoms with Gasteiger partial charge in [-0.1, -0.05) is 17.7 Å². The van der Waals surface area contributed by atoms with E-state index in [1.165, 1.54) is 6.20 Å². The molecule has 4 rings (SSSR count). The highest BCUT2D eigenvalue weighted by molar-refractivity contribution is 6.29. The lowest BCUT2D eigenvalue weighted by molar-refractivity contribution is 0.00640. The van der Waals surface area contributed by atoms with Gasteiger partial charge in [0.15, 0.2) is 11.1 Å². The minimum atomic E-state index is -0.711. The zero-order valence-electron chi connectivity index (χ0n) is 22.9. The van der Waals surface area contributed by atoms with Crippen molar-refractivity contribution in [2.45, 2.75) is 59.2 Å².